The van der Waals surface area contributed by atoms with Crippen molar-refractivity contribution in [1.29, 1.82) is 0 Å². The van der Waals surface area contributed by atoms with Crippen LogP contribution in [0.5, 0.6) is 0 Å². The van der Waals surface area contributed by atoms with E-state index in [-0.39, 0.29) is 18.0 Å². The summed E-state index contributed by atoms with van der Waals surface area (Å²) in [6.07, 6.45) is 0. The minimum atomic E-state index is 0.0337. The fraction of sp³-hybridized carbons (Fsp3) is 0.500. The van der Waals surface area contributed by atoms with E-state index in [1.54, 1.807) is 0 Å². The maximum Gasteiger partial charge on any atom is 0.234 e. The quantitative estimate of drug-likeness (QED) is 0.891. The third-order valence-electron chi connectivity index (χ3n) is 2.86. The van der Waals surface area contributed by atoms with Crippen molar-refractivity contribution in [3.05, 3.63) is 34.9 Å². The molecule has 0 heterocycles. The summed E-state index contributed by atoms with van der Waals surface area (Å²) in [5, 5.41) is 3.62. The van der Waals surface area contributed by atoms with Crippen LogP contribution in [0, 0.1) is 0 Å². The van der Waals surface area contributed by atoms with E-state index in [2.05, 4.69) is 5.32 Å². The molecule has 0 radical (unpaired) electrons. The Morgan fingerprint density at radius 2 is 1.94 bits per heavy atom. The molecule has 4 heteroatoms. The molecule has 0 aliphatic heterocycles. The first kappa shape index (κ1) is 15.0. The second-order valence-electron chi connectivity index (χ2n) is 4.83. The lowest BCUT2D eigenvalue weighted by molar-refractivity contribution is -0.122. The van der Waals surface area contributed by atoms with Gasteiger partial charge in [0.1, 0.15) is 0 Å². The number of carbonyl (C=O) groups excluding carboxylic acids is 1. The number of carbonyl (C=O) groups is 1. The third kappa shape index (κ3) is 4.31. The van der Waals surface area contributed by atoms with Gasteiger partial charge in [-0.25, -0.2) is 0 Å². The summed E-state index contributed by atoms with van der Waals surface area (Å²) in [6.45, 7) is 6.32. The molecule has 0 saturated heterocycles. The minimum absolute atomic E-state index is 0.0337. The number of rotatable bonds is 5. The van der Waals surface area contributed by atoms with Gasteiger partial charge in [0.05, 0.1) is 6.54 Å². The van der Waals surface area contributed by atoms with Crippen LogP contribution in [-0.4, -0.2) is 30.4 Å². The van der Waals surface area contributed by atoms with Crippen LogP contribution < -0.4 is 5.32 Å². The Balaban J connectivity index is 2.64. The minimum Gasteiger partial charge on any atom is -0.353 e. The molecular weight excluding hydrogens is 248 g/mol. The Hall–Kier alpha value is -1.06. The fourth-order valence-electron chi connectivity index (χ4n) is 1.78. The van der Waals surface area contributed by atoms with Crippen LogP contribution in [-0.2, 0) is 4.79 Å². The largest absolute Gasteiger partial charge is 0.353 e. The summed E-state index contributed by atoms with van der Waals surface area (Å²) in [5.41, 5.74) is 1.04. The van der Waals surface area contributed by atoms with E-state index in [9.17, 15) is 4.79 Å². The molecule has 0 aromatic heterocycles. The lowest BCUT2D eigenvalue weighted by atomic mass is 10.1. The molecule has 1 amide bonds. The summed E-state index contributed by atoms with van der Waals surface area (Å²) in [7, 11) is 1.92. The number of nitrogens with one attached hydrogen (secondary N) is 1. The van der Waals surface area contributed by atoms with E-state index >= 15 is 0 Å². The zero-order valence-electron chi connectivity index (χ0n) is 11.4. The molecule has 0 aliphatic carbocycles. The Labute approximate surface area is 114 Å². The Morgan fingerprint density at radius 1 is 1.33 bits per heavy atom. The van der Waals surface area contributed by atoms with E-state index in [1.807, 2.05) is 57.0 Å². The molecule has 0 unspecified atom stereocenters. The van der Waals surface area contributed by atoms with Gasteiger partial charge in [0.25, 0.3) is 0 Å². The van der Waals surface area contributed by atoms with Crippen molar-refractivity contribution in [2.24, 2.45) is 0 Å². The molecule has 0 saturated carbocycles. The number of hydrogen-bond acceptors (Lipinski definition) is 2. The van der Waals surface area contributed by atoms with E-state index < -0.39 is 0 Å². The standard InChI is InChI=1S/C14H21ClN2O/c1-10(2)16-14(18)9-17(4)11(3)12-7-5-6-8-13(12)15/h5-8,10-11H,9H2,1-4H3,(H,16,18)/t11-/m0/s1. The number of benzene rings is 1. The lowest BCUT2D eigenvalue weighted by Gasteiger charge is -2.25. The van der Waals surface area contributed by atoms with E-state index in [0.29, 0.717) is 6.54 Å². The van der Waals surface area contributed by atoms with Gasteiger partial charge < -0.3 is 5.32 Å². The molecule has 0 bridgehead atoms. The molecule has 1 aromatic rings. The lowest BCUT2D eigenvalue weighted by Crippen LogP contribution is -2.39. The molecule has 0 aliphatic rings. The first-order chi connectivity index (χ1) is 8.41. The average Bonchev–Trinajstić information content (AvgIpc) is 2.27. The highest BCUT2D eigenvalue weighted by Crippen LogP contribution is 2.25. The molecular formula is C14H21ClN2O. The van der Waals surface area contributed by atoms with Crippen LogP contribution in [0.15, 0.2) is 24.3 Å². The zero-order valence-corrected chi connectivity index (χ0v) is 12.2. The normalized spacial score (nSPS) is 12.8. The van der Waals surface area contributed by atoms with Crippen molar-refractivity contribution >= 4 is 17.5 Å². The number of halogens is 1. The fourth-order valence-corrected chi connectivity index (χ4v) is 2.08. The summed E-state index contributed by atoms with van der Waals surface area (Å²) >= 11 is 6.16. The van der Waals surface area contributed by atoms with Crippen molar-refractivity contribution in [2.45, 2.75) is 32.9 Å². The molecule has 1 N–H and O–H groups in total. The molecule has 3 nitrogen and oxygen atoms in total. The highest BCUT2D eigenvalue weighted by Gasteiger charge is 2.17. The van der Waals surface area contributed by atoms with Gasteiger partial charge in [-0.1, -0.05) is 29.8 Å². The van der Waals surface area contributed by atoms with Gasteiger partial charge in [-0.05, 0) is 39.4 Å². The van der Waals surface area contributed by atoms with Crippen LogP contribution in [0.4, 0.5) is 0 Å². The third-order valence-corrected chi connectivity index (χ3v) is 3.20. The number of likely N-dealkylation sites (N-methyl/N-ethyl adjacent to an activating group) is 1. The number of amides is 1. The van der Waals surface area contributed by atoms with Crippen LogP contribution in [0.3, 0.4) is 0 Å². The van der Waals surface area contributed by atoms with E-state index in [0.717, 1.165) is 10.6 Å². The maximum absolute atomic E-state index is 11.7. The van der Waals surface area contributed by atoms with Crippen LogP contribution >= 0.6 is 11.6 Å². The van der Waals surface area contributed by atoms with Crippen molar-refractivity contribution in [3.63, 3.8) is 0 Å². The first-order valence-electron chi connectivity index (χ1n) is 6.16. The van der Waals surface area contributed by atoms with Crippen molar-refractivity contribution in [1.82, 2.24) is 10.2 Å². The Morgan fingerprint density at radius 3 is 2.50 bits per heavy atom. The van der Waals surface area contributed by atoms with Crippen molar-refractivity contribution in [2.75, 3.05) is 13.6 Å². The predicted molar refractivity (Wildman–Crippen MR) is 75.8 cm³/mol. The van der Waals surface area contributed by atoms with Gasteiger partial charge in [0.15, 0.2) is 0 Å². The molecule has 18 heavy (non-hydrogen) atoms. The van der Waals surface area contributed by atoms with E-state index in [1.165, 1.54) is 0 Å². The first-order valence-corrected chi connectivity index (χ1v) is 6.53. The monoisotopic (exact) mass is 268 g/mol. The average molecular weight is 269 g/mol. The van der Waals surface area contributed by atoms with Crippen LogP contribution in [0.25, 0.3) is 0 Å². The summed E-state index contributed by atoms with van der Waals surface area (Å²) in [6, 6.07) is 8.00. The second-order valence-corrected chi connectivity index (χ2v) is 5.24. The van der Waals surface area contributed by atoms with Gasteiger partial charge in [-0.3, -0.25) is 9.69 Å². The summed E-state index contributed by atoms with van der Waals surface area (Å²) in [5.74, 6) is 0.0337. The SMILES string of the molecule is CC(C)NC(=O)CN(C)[C@@H](C)c1ccccc1Cl. The topological polar surface area (TPSA) is 32.3 Å². The van der Waals surface area contributed by atoms with Gasteiger partial charge in [-0.15, -0.1) is 0 Å². The van der Waals surface area contributed by atoms with E-state index in [4.69, 9.17) is 11.6 Å². The molecule has 1 rings (SSSR count). The zero-order chi connectivity index (χ0) is 13.7. The highest BCUT2D eigenvalue weighted by atomic mass is 35.5. The Bertz CT molecular complexity index is 407. The molecule has 1 aromatic carbocycles. The maximum atomic E-state index is 11.7. The Kier molecular flexibility index (Phi) is 5.63. The van der Waals surface area contributed by atoms with Crippen LogP contribution in [0.1, 0.15) is 32.4 Å². The summed E-state index contributed by atoms with van der Waals surface area (Å²) < 4.78 is 0. The number of hydrogen-bond donors (Lipinski definition) is 1. The molecule has 1 atom stereocenters. The predicted octanol–water partition coefficient (Wildman–Crippen LogP) is 2.86. The van der Waals surface area contributed by atoms with Gasteiger partial charge in [0.2, 0.25) is 5.91 Å². The summed E-state index contributed by atoms with van der Waals surface area (Å²) in [4.78, 5) is 13.7. The highest BCUT2D eigenvalue weighted by molar-refractivity contribution is 6.31. The van der Waals surface area contributed by atoms with Gasteiger partial charge in [-0.2, -0.15) is 0 Å². The van der Waals surface area contributed by atoms with Gasteiger partial charge >= 0.3 is 0 Å². The smallest absolute Gasteiger partial charge is 0.234 e. The van der Waals surface area contributed by atoms with Crippen molar-refractivity contribution < 1.29 is 4.79 Å². The second kappa shape index (κ2) is 6.76. The number of nitrogens with zero attached hydrogens (tertiary/aromatic N) is 1. The van der Waals surface area contributed by atoms with Gasteiger partial charge in [0, 0.05) is 17.1 Å². The van der Waals surface area contributed by atoms with Crippen LogP contribution in [0.2, 0.25) is 5.02 Å². The van der Waals surface area contributed by atoms with Crippen molar-refractivity contribution in [3.8, 4) is 0 Å². The molecule has 0 fully saturated rings. The molecule has 0 spiro atoms. The molecule has 100 valence electrons.